The number of ether oxygens (including phenoxy) is 1. The van der Waals surface area contributed by atoms with Gasteiger partial charge >= 0.3 is 5.97 Å². The molecule has 0 amide bonds. The number of thioether (sulfide) groups is 2. The minimum atomic E-state index is -0.835. The summed E-state index contributed by atoms with van der Waals surface area (Å²) in [5, 5.41) is 38.8. The lowest BCUT2D eigenvalue weighted by molar-refractivity contribution is -0.133. The number of carbonyl (C=O) groups is 2. The predicted octanol–water partition coefficient (Wildman–Crippen LogP) is 2.26. The number of carboxylic acid groups (broad SMARTS) is 1. The summed E-state index contributed by atoms with van der Waals surface area (Å²) in [5.74, 6) is 0.439. The van der Waals surface area contributed by atoms with Gasteiger partial charge in [-0.2, -0.15) is 11.8 Å². The number of Topliss-reactive ketones (excluding diaryl/α,β-unsaturated/α-hetero) is 1. The highest BCUT2D eigenvalue weighted by Crippen LogP contribution is 2.34. The SMILES string of the molecule is COCc1cc(CC(O)C=C[C@H]2C(O)CC(=O)C2SCCCSCC(=O)O)ccc1O. The Kier molecular flexibility index (Phi) is 10.9. The maximum atomic E-state index is 12.3. The van der Waals surface area contributed by atoms with Crippen molar-refractivity contribution in [2.45, 2.75) is 43.3 Å². The van der Waals surface area contributed by atoms with Crippen LogP contribution in [-0.2, 0) is 27.4 Å². The molecule has 4 atom stereocenters. The first kappa shape index (κ1) is 25.7. The summed E-state index contributed by atoms with van der Waals surface area (Å²) >= 11 is 2.83. The van der Waals surface area contributed by atoms with Crippen molar-refractivity contribution in [3.63, 3.8) is 0 Å². The van der Waals surface area contributed by atoms with E-state index in [-0.39, 0.29) is 41.5 Å². The Labute approximate surface area is 190 Å². The lowest BCUT2D eigenvalue weighted by Gasteiger charge is -2.18. The molecule has 4 N–H and O–H groups in total. The molecule has 1 aliphatic carbocycles. The van der Waals surface area contributed by atoms with Crippen LogP contribution in [-0.4, -0.2) is 74.0 Å². The number of ketones is 1. The molecule has 0 spiro atoms. The van der Waals surface area contributed by atoms with Gasteiger partial charge in [0.2, 0.25) is 0 Å². The van der Waals surface area contributed by atoms with E-state index in [0.29, 0.717) is 23.5 Å². The summed E-state index contributed by atoms with van der Waals surface area (Å²) in [5.41, 5.74) is 1.49. The van der Waals surface area contributed by atoms with E-state index >= 15 is 0 Å². The van der Waals surface area contributed by atoms with Crippen molar-refractivity contribution in [3.8, 4) is 5.75 Å². The molecule has 1 aromatic rings. The van der Waals surface area contributed by atoms with Gasteiger partial charge in [-0.1, -0.05) is 18.2 Å². The normalized spacial score (nSPS) is 22.3. The zero-order chi connectivity index (χ0) is 22.8. The van der Waals surface area contributed by atoms with Crippen LogP contribution < -0.4 is 0 Å². The molecule has 172 valence electrons. The molecule has 9 heteroatoms. The lowest BCUT2D eigenvalue weighted by Crippen LogP contribution is -2.22. The molecule has 3 unspecified atom stereocenters. The van der Waals surface area contributed by atoms with Crippen molar-refractivity contribution in [1.82, 2.24) is 0 Å². The quantitative estimate of drug-likeness (QED) is 0.254. The molecule has 1 aromatic carbocycles. The standard InChI is InChI=1S/C22H30O7S2/c1-29-12-15-9-14(3-6-18(15)24)10-16(23)4-5-17-19(25)11-20(26)22(17)31-8-2-7-30-13-21(27)28/h3-6,9,16-17,19,22-25H,2,7-8,10-13H2,1H3,(H,27,28)/t16?,17-,19?,22?/m0/s1. The fourth-order valence-electron chi connectivity index (χ4n) is 3.44. The third kappa shape index (κ3) is 8.50. The number of hydrogen-bond acceptors (Lipinski definition) is 8. The molecule has 1 aliphatic rings. The molecule has 0 bridgehead atoms. The average Bonchev–Trinajstić information content (AvgIpc) is 2.98. The second-order valence-electron chi connectivity index (χ2n) is 7.46. The molecule has 0 saturated heterocycles. The first-order chi connectivity index (χ1) is 14.8. The van der Waals surface area contributed by atoms with Gasteiger partial charge in [0.25, 0.3) is 0 Å². The number of aliphatic carboxylic acids is 1. The summed E-state index contributed by atoms with van der Waals surface area (Å²) in [7, 11) is 1.54. The van der Waals surface area contributed by atoms with Crippen LogP contribution in [0, 0.1) is 5.92 Å². The Bertz CT molecular complexity index is 768. The second kappa shape index (κ2) is 13.1. The number of aliphatic hydroxyl groups excluding tert-OH is 2. The highest BCUT2D eigenvalue weighted by atomic mass is 32.2. The van der Waals surface area contributed by atoms with Gasteiger partial charge in [0, 0.05) is 31.4 Å². The molecule has 0 radical (unpaired) electrons. The Morgan fingerprint density at radius 1 is 1.35 bits per heavy atom. The van der Waals surface area contributed by atoms with Crippen LogP contribution in [0.4, 0.5) is 0 Å². The van der Waals surface area contributed by atoms with E-state index in [9.17, 15) is 24.9 Å². The number of methoxy groups -OCH3 is 1. The molecule has 0 aliphatic heterocycles. The number of aromatic hydroxyl groups is 1. The Morgan fingerprint density at radius 2 is 2.13 bits per heavy atom. The van der Waals surface area contributed by atoms with Crippen LogP contribution in [0.1, 0.15) is 24.0 Å². The van der Waals surface area contributed by atoms with Crippen LogP contribution in [0.15, 0.2) is 30.4 Å². The Morgan fingerprint density at radius 3 is 2.84 bits per heavy atom. The van der Waals surface area contributed by atoms with Gasteiger partial charge in [0.15, 0.2) is 0 Å². The van der Waals surface area contributed by atoms with Crippen molar-refractivity contribution in [1.29, 1.82) is 0 Å². The maximum Gasteiger partial charge on any atom is 0.313 e. The van der Waals surface area contributed by atoms with Crippen molar-refractivity contribution in [2.24, 2.45) is 5.92 Å². The third-order valence-corrected chi connectivity index (χ3v) is 7.41. The van der Waals surface area contributed by atoms with Crippen LogP contribution in [0.5, 0.6) is 5.75 Å². The average molecular weight is 471 g/mol. The Hall–Kier alpha value is -1.52. The van der Waals surface area contributed by atoms with Gasteiger partial charge in [-0.15, -0.1) is 11.8 Å². The number of carboxylic acids is 1. The molecule has 1 fully saturated rings. The van der Waals surface area contributed by atoms with Gasteiger partial charge in [0.05, 0.1) is 29.8 Å². The van der Waals surface area contributed by atoms with Crippen molar-refractivity contribution in [3.05, 3.63) is 41.5 Å². The fraction of sp³-hybridized carbons (Fsp3) is 0.545. The highest BCUT2D eigenvalue weighted by molar-refractivity contribution is 8.01. The largest absolute Gasteiger partial charge is 0.508 e. The first-order valence-corrected chi connectivity index (χ1v) is 12.3. The fourth-order valence-corrected chi connectivity index (χ4v) is 5.63. The molecular formula is C22H30O7S2. The van der Waals surface area contributed by atoms with Crippen molar-refractivity contribution >= 4 is 35.3 Å². The van der Waals surface area contributed by atoms with E-state index in [4.69, 9.17) is 9.84 Å². The molecule has 1 saturated carbocycles. The number of rotatable bonds is 13. The number of carbonyl (C=O) groups excluding carboxylic acids is 1. The second-order valence-corrected chi connectivity index (χ2v) is 9.81. The summed E-state index contributed by atoms with van der Waals surface area (Å²) in [6.45, 7) is 0.274. The summed E-state index contributed by atoms with van der Waals surface area (Å²) in [6.07, 6.45) is 3.01. The van der Waals surface area contributed by atoms with E-state index in [0.717, 1.165) is 12.0 Å². The van der Waals surface area contributed by atoms with E-state index in [1.807, 2.05) is 0 Å². The molecule has 7 nitrogen and oxygen atoms in total. The summed E-state index contributed by atoms with van der Waals surface area (Å²) in [6, 6.07) is 5.09. The molecular weight excluding hydrogens is 440 g/mol. The van der Waals surface area contributed by atoms with E-state index in [1.54, 1.807) is 37.5 Å². The van der Waals surface area contributed by atoms with E-state index in [1.165, 1.54) is 23.5 Å². The minimum absolute atomic E-state index is 0.00238. The number of aliphatic hydroxyl groups is 2. The van der Waals surface area contributed by atoms with Gasteiger partial charge in [-0.25, -0.2) is 0 Å². The van der Waals surface area contributed by atoms with Crippen molar-refractivity contribution < 1.29 is 34.8 Å². The number of benzene rings is 1. The molecule has 0 aromatic heterocycles. The van der Waals surface area contributed by atoms with Gasteiger partial charge in [-0.3, -0.25) is 9.59 Å². The lowest BCUT2D eigenvalue weighted by atomic mass is 10.0. The van der Waals surface area contributed by atoms with Crippen LogP contribution in [0.2, 0.25) is 0 Å². The molecule has 2 rings (SSSR count). The van der Waals surface area contributed by atoms with Gasteiger partial charge in [0.1, 0.15) is 11.5 Å². The number of phenolic OH excluding ortho intramolecular Hbond substituents is 1. The van der Waals surface area contributed by atoms with E-state index in [2.05, 4.69) is 0 Å². The van der Waals surface area contributed by atoms with E-state index < -0.39 is 18.2 Å². The zero-order valence-electron chi connectivity index (χ0n) is 17.5. The summed E-state index contributed by atoms with van der Waals surface area (Å²) in [4.78, 5) is 22.8. The third-order valence-electron chi connectivity index (χ3n) is 4.92. The number of hydrogen-bond donors (Lipinski definition) is 4. The topological polar surface area (TPSA) is 124 Å². The van der Waals surface area contributed by atoms with Crippen LogP contribution >= 0.6 is 23.5 Å². The smallest absolute Gasteiger partial charge is 0.313 e. The van der Waals surface area contributed by atoms with Crippen LogP contribution in [0.3, 0.4) is 0 Å². The first-order valence-electron chi connectivity index (χ1n) is 10.1. The van der Waals surface area contributed by atoms with Gasteiger partial charge in [-0.05, 0) is 35.6 Å². The predicted molar refractivity (Wildman–Crippen MR) is 123 cm³/mol. The number of phenols is 1. The Balaban J connectivity index is 1.88. The zero-order valence-corrected chi connectivity index (χ0v) is 19.1. The summed E-state index contributed by atoms with van der Waals surface area (Å²) < 4.78 is 5.06. The highest BCUT2D eigenvalue weighted by Gasteiger charge is 2.40. The monoisotopic (exact) mass is 470 g/mol. The molecule has 0 heterocycles. The molecule has 31 heavy (non-hydrogen) atoms. The van der Waals surface area contributed by atoms with Gasteiger partial charge < -0.3 is 25.2 Å². The van der Waals surface area contributed by atoms with Crippen LogP contribution in [0.25, 0.3) is 0 Å². The van der Waals surface area contributed by atoms with Crippen molar-refractivity contribution in [2.75, 3.05) is 24.4 Å². The minimum Gasteiger partial charge on any atom is -0.508 e. The maximum absolute atomic E-state index is 12.3.